The van der Waals surface area contributed by atoms with E-state index in [1.54, 1.807) is 43.5 Å². The molecule has 3 aromatic heterocycles. The molecule has 1 saturated heterocycles. The molecule has 3 N–H and O–H groups in total. The van der Waals surface area contributed by atoms with Crippen LogP contribution in [0.15, 0.2) is 58.5 Å². The molecular formula is C28H34N6O3S. The number of nitrogens with two attached hydrogens (primary N) is 1. The van der Waals surface area contributed by atoms with Crippen LogP contribution in [0, 0.1) is 6.92 Å². The normalized spacial score (nSPS) is 16.7. The van der Waals surface area contributed by atoms with Gasteiger partial charge in [-0.25, -0.2) is 4.98 Å². The first-order valence-electron chi connectivity index (χ1n) is 12.7. The molecule has 4 heterocycles. The van der Waals surface area contributed by atoms with Crippen LogP contribution < -0.4 is 5.73 Å². The first kappa shape index (κ1) is 27.6. The van der Waals surface area contributed by atoms with E-state index in [0.717, 1.165) is 29.1 Å². The van der Waals surface area contributed by atoms with Crippen LogP contribution in [0.2, 0.25) is 0 Å². The van der Waals surface area contributed by atoms with Gasteiger partial charge in [0.25, 0.3) is 11.8 Å². The molecule has 9 nitrogen and oxygen atoms in total. The van der Waals surface area contributed by atoms with E-state index in [1.807, 2.05) is 54.5 Å². The number of benzene rings is 1. The lowest BCUT2D eigenvalue weighted by atomic mass is 9.94. The van der Waals surface area contributed by atoms with Crippen molar-refractivity contribution < 1.29 is 14.3 Å². The number of aliphatic hydroxyl groups is 1. The SMILES string of the molecule is CC(C)O.Cc1csc([C@H]2CCCN2C(=O)c2ccnc(-c3nnc([C@](C)(N)Cc4ccccc4)o3)c2)n1. The summed E-state index contributed by atoms with van der Waals surface area (Å²) < 4.78 is 5.92. The zero-order valence-electron chi connectivity index (χ0n) is 22.2. The molecule has 0 radical (unpaired) electrons. The number of carbonyl (C=O) groups is 1. The van der Waals surface area contributed by atoms with Gasteiger partial charge >= 0.3 is 0 Å². The monoisotopic (exact) mass is 534 g/mol. The first-order valence-corrected chi connectivity index (χ1v) is 13.6. The van der Waals surface area contributed by atoms with Crippen LogP contribution in [-0.2, 0) is 12.0 Å². The lowest BCUT2D eigenvalue weighted by Crippen LogP contribution is -2.35. The van der Waals surface area contributed by atoms with Crippen molar-refractivity contribution in [2.24, 2.45) is 5.73 Å². The molecular weight excluding hydrogens is 500 g/mol. The Hall–Kier alpha value is -3.47. The Morgan fingerprint density at radius 2 is 2.00 bits per heavy atom. The van der Waals surface area contributed by atoms with Crippen LogP contribution in [0.3, 0.4) is 0 Å². The fourth-order valence-electron chi connectivity index (χ4n) is 4.29. The topological polar surface area (TPSA) is 131 Å². The molecule has 10 heteroatoms. The largest absolute Gasteiger partial charge is 0.417 e. The molecule has 0 bridgehead atoms. The molecule has 0 saturated carbocycles. The summed E-state index contributed by atoms with van der Waals surface area (Å²) in [4.78, 5) is 24.2. The van der Waals surface area contributed by atoms with Crippen molar-refractivity contribution in [3.63, 3.8) is 0 Å². The summed E-state index contributed by atoms with van der Waals surface area (Å²) in [6, 6.07) is 13.4. The van der Waals surface area contributed by atoms with Gasteiger partial charge in [-0.05, 0) is 64.7 Å². The van der Waals surface area contributed by atoms with Crippen molar-refractivity contribution in [3.05, 3.63) is 81.8 Å². The van der Waals surface area contributed by atoms with Crippen LogP contribution in [-0.4, -0.2) is 48.7 Å². The van der Waals surface area contributed by atoms with Gasteiger partial charge in [-0.3, -0.25) is 9.78 Å². The van der Waals surface area contributed by atoms with Gasteiger partial charge < -0.3 is 20.2 Å². The standard InChI is InChI=1S/C25H26N6O2S.C3H8O/c1-16-15-34-22(28-16)20-9-6-12-31(20)23(32)18-10-11-27-19(13-18)21-29-30-24(33-21)25(2,26)14-17-7-4-3-5-8-17;1-3(2)4/h3-5,7-8,10-11,13,15,20H,6,9,12,14,26H2,1-2H3;3-4H,1-2H3/t20-,25-;/m1./s1. The number of hydrogen-bond donors (Lipinski definition) is 2. The molecule has 1 aromatic carbocycles. The van der Waals surface area contributed by atoms with Crippen molar-refractivity contribution in [3.8, 4) is 11.6 Å². The van der Waals surface area contributed by atoms with Gasteiger partial charge in [0.2, 0.25) is 5.89 Å². The number of amides is 1. The number of nitrogens with zero attached hydrogens (tertiary/aromatic N) is 5. The van der Waals surface area contributed by atoms with Gasteiger partial charge in [0.15, 0.2) is 0 Å². The van der Waals surface area contributed by atoms with Crippen molar-refractivity contribution in [1.82, 2.24) is 25.1 Å². The fraction of sp³-hybridized carbons (Fsp3) is 0.393. The summed E-state index contributed by atoms with van der Waals surface area (Å²) in [6.45, 7) is 7.98. The lowest BCUT2D eigenvalue weighted by molar-refractivity contribution is 0.0735. The number of aromatic nitrogens is 4. The second-order valence-corrected chi connectivity index (χ2v) is 10.9. The molecule has 1 aliphatic heterocycles. The third-order valence-electron chi connectivity index (χ3n) is 5.99. The molecule has 1 fully saturated rings. The Labute approximate surface area is 226 Å². The number of likely N-dealkylation sites (tertiary alicyclic amines) is 1. The molecule has 200 valence electrons. The van der Waals surface area contributed by atoms with Crippen molar-refractivity contribution >= 4 is 17.2 Å². The van der Waals surface area contributed by atoms with Crippen LogP contribution in [0.5, 0.6) is 0 Å². The minimum atomic E-state index is -0.839. The Balaban J connectivity index is 0.000000786. The maximum absolute atomic E-state index is 13.4. The average molecular weight is 535 g/mol. The smallest absolute Gasteiger partial charge is 0.266 e. The van der Waals surface area contributed by atoms with Crippen molar-refractivity contribution in [2.45, 2.75) is 64.6 Å². The van der Waals surface area contributed by atoms with Crippen LogP contribution in [0.4, 0.5) is 0 Å². The van der Waals surface area contributed by atoms with Gasteiger partial charge in [0.1, 0.15) is 10.7 Å². The van der Waals surface area contributed by atoms with Crippen LogP contribution >= 0.6 is 11.3 Å². The van der Waals surface area contributed by atoms with E-state index in [-0.39, 0.29) is 23.9 Å². The van der Waals surface area contributed by atoms with Gasteiger partial charge in [-0.1, -0.05) is 30.3 Å². The second-order valence-electron chi connectivity index (χ2n) is 10.00. The van der Waals surface area contributed by atoms with E-state index in [2.05, 4.69) is 20.2 Å². The number of aliphatic hydroxyl groups excluding tert-OH is 1. The zero-order chi connectivity index (χ0) is 27.3. The highest BCUT2D eigenvalue weighted by molar-refractivity contribution is 7.09. The number of aryl methyl sites for hydroxylation is 1. The molecule has 1 aliphatic rings. The van der Waals surface area contributed by atoms with E-state index < -0.39 is 5.54 Å². The minimum Gasteiger partial charge on any atom is -0.417 e. The van der Waals surface area contributed by atoms with Crippen molar-refractivity contribution in [2.75, 3.05) is 6.54 Å². The summed E-state index contributed by atoms with van der Waals surface area (Å²) in [5.74, 6) is 0.512. The van der Waals surface area contributed by atoms with Crippen LogP contribution in [0.25, 0.3) is 11.6 Å². The third-order valence-corrected chi connectivity index (χ3v) is 7.05. The molecule has 2 atom stereocenters. The van der Waals surface area contributed by atoms with E-state index in [1.165, 1.54) is 0 Å². The quantitative estimate of drug-likeness (QED) is 0.365. The predicted octanol–water partition coefficient (Wildman–Crippen LogP) is 4.68. The summed E-state index contributed by atoms with van der Waals surface area (Å²) in [5, 5.41) is 19.4. The fourth-order valence-corrected chi connectivity index (χ4v) is 5.23. The van der Waals surface area contributed by atoms with E-state index in [4.69, 9.17) is 15.3 Å². The summed E-state index contributed by atoms with van der Waals surface area (Å²) in [7, 11) is 0. The number of rotatable bonds is 6. The average Bonchev–Trinajstić information content (AvgIpc) is 3.64. The summed E-state index contributed by atoms with van der Waals surface area (Å²) in [5.41, 5.74) is 8.71. The highest BCUT2D eigenvalue weighted by atomic mass is 32.1. The summed E-state index contributed by atoms with van der Waals surface area (Å²) in [6.07, 6.45) is 3.85. The third kappa shape index (κ3) is 6.69. The second kappa shape index (κ2) is 11.9. The first-order chi connectivity index (χ1) is 18.1. The van der Waals surface area contributed by atoms with Crippen molar-refractivity contribution in [1.29, 1.82) is 0 Å². The van der Waals surface area contributed by atoms with E-state index in [0.29, 0.717) is 30.1 Å². The number of hydrogen-bond acceptors (Lipinski definition) is 9. The molecule has 0 aliphatic carbocycles. The highest BCUT2D eigenvalue weighted by Gasteiger charge is 2.33. The molecule has 0 spiro atoms. The van der Waals surface area contributed by atoms with Gasteiger partial charge in [0.05, 0.1) is 11.6 Å². The molecule has 4 aromatic rings. The lowest BCUT2D eigenvalue weighted by Gasteiger charge is -2.23. The van der Waals surface area contributed by atoms with Gasteiger partial charge in [-0.15, -0.1) is 21.5 Å². The maximum Gasteiger partial charge on any atom is 0.266 e. The van der Waals surface area contributed by atoms with E-state index >= 15 is 0 Å². The Bertz CT molecular complexity index is 1350. The minimum absolute atomic E-state index is 0.00811. The predicted molar refractivity (Wildman–Crippen MR) is 146 cm³/mol. The zero-order valence-corrected chi connectivity index (χ0v) is 23.0. The Morgan fingerprint density at radius 1 is 1.26 bits per heavy atom. The maximum atomic E-state index is 13.4. The number of pyridine rings is 1. The number of carbonyl (C=O) groups excluding carboxylic acids is 1. The Morgan fingerprint density at radius 3 is 2.68 bits per heavy atom. The summed E-state index contributed by atoms with van der Waals surface area (Å²) >= 11 is 1.61. The number of thiazole rings is 1. The molecule has 38 heavy (non-hydrogen) atoms. The molecule has 5 rings (SSSR count). The Kier molecular flexibility index (Phi) is 8.65. The van der Waals surface area contributed by atoms with Crippen LogP contribution in [0.1, 0.15) is 72.2 Å². The van der Waals surface area contributed by atoms with Gasteiger partial charge in [0, 0.05) is 35.5 Å². The van der Waals surface area contributed by atoms with E-state index in [9.17, 15) is 4.79 Å². The molecule has 1 amide bonds. The van der Waals surface area contributed by atoms with Gasteiger partial charge in [-0.2, -0.15) is 0 Å². The highest BCUT2D eigenvalue weighted by Crippen LogP contribution is 2.35. The molecule has 0 unspecified atom stereocenters.